The summed E-state index contributed by atoms with van der Waals surface area (Å²) in [6.07, 6.45) is -0.642. The molecule has 0 saturated carbocycles. The van der Waals surface area contributed by atoms with Gasteiger partial charge in [0.1, 0.15) is 17.9 Å². The Bertz CT molecular complexity index is 2320. The van der Waals surface area contributed by atoms with Gasteiger partial charge in [-0.1, -0.05) is 114 Å². The summed E-state index contributed by atoms with van der Waals surface area (Å²) >= 11 is 0. The number of hydrazine groups is 1. The number of imidazole rings is 1. The first kappa shape index (κ1) is 45.2. The number of aliphatic hydroxyl groups excluding tert-OH is 1. The Balaban J connectivity index is 1.25. The summed E-state index contributed by atoms with van der Waals surface area (Å²) in [6, 6.07) is 27.4. The fourth-order valence-electron chi connectivity index (χ4n) is 7.97. The lowest BCUT2D eigenvalue weighted by atomic mass is 9.84. The van der Waals surface area contributed by atoms with Crippen LogP contribution < -0.4 is 16.1 Å². The van der Waals surface area contributed by atoms with Gasteiger partial charge in [0.2, 0.25) is 5.91 Å². The van der Waals surface area contributed by atoms with Crippen molar-refractivity contribution in [1.82, 2.24) is 45.4 Å². The number of pyridine rings is 1. The summed E-state index contributed by atoms with van der Waals surface area (Å²) in [7, 11) is 1.92. The van der Waals surface area contributed by atoms with Crippen molar-refractivity contribution < 1.29 is 29.4 Å². The lowest BCUT2D eigenvalue weighted by molar-refractivity contribution is -0.133. The molecule has 1 aliphatic rings. The predicted octanol–water partition coefficient (Wildman–Crippen LogP) is 5.59. The number of para-hydroxylation sites is 2. The number of aliphatic hydroxyl groups is 1. The Hall–Kier alpha value is -6.32. The van der Waals surface area contributed by atoms with Crippen molar-refractivity contribution in [2.24, 2.45) is 17.9 Å². The third kappa shape index (κ3) is 11.1. The highest BCUT2D eigenvalue weighted by molar-refractivity contribution is 5.89. The van der Waals surface area contributed by atoms with Crippen LogP contribution in [-0.4, -0.2) is 107 Å². The van der Waals surface area contributed by atoms with Gasteiger partial charge in [-0.05, 0) is 52.6 Å². The number of benzene rings is 3. The van der Waals surface area contributed by atoms with Gasteiger partial charge in [-0.15, -0.1) is 0 Å². The molecular weight excluding hydrogens is 787 g/mol. The van der Waals surface area contributed by atoms with Crippen LogP contribution in [-0.2, 0) is 36.1 Å². The minimum Gasteiger partial charge on any atom is -0.465 e. The monoisotopic (exact) mass is 845 g/mol. The van der Waals surface area contributed by atoms with Gasteiger partial charge in [0.05, 0.1) is 35.4 Å². The molecule has 6 rings (SSSR count). The minimum atomic E-state index is -1.35. The SMILES string of the molecule is Cn1c(CN2CCN([C@H](C(=O)N[C@@H](Cc3ccccc3)[C@@H](O)CN(Cc3ccc(-c4ccccn4)cc3)NC(=O)[C@@H](NC(=O)O)C(C)(C)C)C(C)(C)C)C2=O)nc2ccccc21. The first-order chi connectivity index (χ1) is 29.4. The van der Waals surface area contributed by atoms with Gasteiger partial charge >= 0.3 is 12.1 Å². The van der Waals surface area contributed by atoms with E-state index in [-0.39, 0.29) is 32.1 Å². The second kappa shape index (κ2) is 19.2. The van der Waals surface area contributed by atoms with Crippen LogP contribution in [0.15, 0.2) is 103 Å². The first-order valence-corrected chi connectivity index (χ1v) is 20.9. The molecule has 0 unspecified atom stereocenters. The molecule has 3 heterocycles. The van der Waals surface area contributed by atoms with Crippen molar-refractivity contribution in [3.63, 3.8) is 0 Å². The number of carbonyl (C=O) groups is 4. The van der Waals surface area contributed by atoms with E-state index in [4.69, 9.17) is 4.98 Å². The van der Waals surface area contributed by atoms with Crippen molar-refractivity contribution >= 4 is 35.0 Å². The number of amides is 5. The molecule has 62 heavy (non-hydrogen) atoms. The topological polar surface area (TPSA) is 185 Å². The van der Waals surface area contributed by atoms with E-state index in [0.29, 0.717) is 13.1 Å². The third-order valence-electron chi connectivity index (χ3n) is 11.2. The normalized spacial score (nSPS) is 15.3. The van der Waals surface area contributed by atoms with Gasteiger partial charge in [0.25, 0.3) is 5.91 Å². The van der Waals surface area contributed by atoms with Crippen molar-refractivity contribution in [3.05, 3.63) is 120 Å². The molecule has 15 nitrogen and oxygen atoms in total. The summed E-state index contributed by atoms with van der Waals surface area (Å²) in [5, 5.41) is 28.8. The van der Waals surface area contributed by atoms with Crippen LogP contribution >= 0.6 is 0 Å². The maximum Gasteiger partial charge on any atom is 0.405 e. The van der Waals surface area contributed by atoms with E-state index in [1.54, 1.807) is 41.8 Å². The maximum atomic E-state index is 14.7. The number of hydrogen-bond donors (Lipinski definition) is 5. The zero-order valence-corrected chi connectivity index (χ0v) is 36.6. The molecule has 1 aliphatic heterocycles. The van der Waals surface area contributed by atoms with Crippen molar-refractivity contribution in [3.8, 4) is 11.3 Å². The van der Waals surface area contributed by atoms with Crippen molar-refractivity contribution in [1.29, 1.82) is 0 Å². The van der Waals surface area contributed by atoms with E-state index >= 15 is 0 Å². The van der Waals surface area contributed by atoms with Crippen LogP contribution in [0.5, 0.6) is 0 Å². The molecule has 328 valence electrons. The molecule has 5 aromatic rings. The fraction of sp³-hybridized carbons (Fsp3) is 0.404. The summed E-state index contributed by atoms with van der Waals surface area (Å²) in [5.74, 6) is -0.295. The molecule has 0 spiro atoms. The highest BCUT2D eigenvalue weighted by Crippen LogP contribution is 2.30. The number of nitrogens with one attached hydrogen (secondary N) is 3. The highest BCUT2D eigenvalue weighted by atomic mass is 16.4. The molecule has 4 atom stereocenters. The maximum absolute atomic E-state index is 14.7. The average Bonchev–Trinajstić information content (AvgIpc) is 3.73. The number of carboxylic acid groups (broad SMARTS) is 1. The van der Waals surface area contributed by atoms with Crippen LogP contribution in [0.25, 0.3) is 22.3 Å². The molecular formula is C47H59N9O6. The van der Waals surface area contributed by atoms with Gasteiger partial charge in [0, 0.05) is 45.0 Å². The number of nitrogens with zero attached hydrogens (tertiary/aromatic N) is 6. The van der Waals surface area contributed by atoms with Gasteiger partial charge < -0.3 is 35.2 Å². The molecule has 0 bridgehead atoms. The van der Waals surface area contributed by atoms with E-state index in [1.807, 2.05) is 129 Å². The zero-order chi connectivity index (χ0) is 44.8. The van der Waals surface area contributed by atoms with Gasteiger partial charge in [-0.2, -0.15) is 0 Å². The molecule has 5 N–H and O–H groups in total. The highest BCUT2D eigenvalue weighted by Gasteiger charge is 2.45. The van der Waals surface area contributed by atoms with Crippen LogP contribution in [0.1, 0.15) is 58.5 Å². The molecule has 3 aromatic carbocycles. The summed E-state index contributed by atoms with van der Waals surface area (Å²) in [6.45, 7) is 12.0. The minimum absolute atomic E-state index is 0.134. The van der Waals surface area contributed by atoms with E-state index < -0.39 is 53.0 Å². The predicted molar refractivity (Wildman–Crippen MR) is 237 cm³/mol. The van der Waals surface area contributed by atoms with Gasteiger partial charge in [-0.3, -0.25) is 20.0 Å². The molecule has 1 saturated heterocycles. The number of aromatic nitrogens is 3. The smallest absolute Gasteiger partial charge is 0.405 e. The number of carbonyl (C=O) groups excluding carboxylic acids is 3. The number of rotatable bonds is 16. The molecule has 2 aromatic heterocycles. The third-order valence-corrected chi connectivity index (χ3v) is 11.2. The average molecular weight is 846 g/mol. The van der Waals surface area contributed by atoms with E-state index in [2.05, 4.69) is 21.0 Å². The summed E-state index contributed by atoms with van der Waals surface area (Å²) in [4.78, 5) is 67.0. The molecule has 0 aliphatic carbocycles. The van der Waals surface area contributed by atoms with Crippen molar-refractivity contribution in [2.75, 3.05) is 19.6 Å². The van der Waals surface area contributed by atoms with E-state index in [1.165, 1.54) is 0 Å². The zero-order valence-electron chi connectivity index (χ0n) is 36.6. The van der Waals surface area contributed by atoms with E-state index in [0.717, 1.165) is 39.2 Å². The number of fused-ring (bicyclic) bond motifs is 1. The molecule has 5 amide bonds. The molecule has 0 radical (unpaired) electrons. The van der Waals surface area contributed by atoms with Gasteiger partial charge in [0.15, 0.2) is 0 Å². The Morgan fingerprint density at radius 3 is 2.11 bits per heavy atom. The van der Waals surface area contributed by atoms with Crippen LogP contribution in [0, 0.1) is 10.8 Å². The Morgan fingerprint density at radius 2 is 1.48 bits per heavy atom. The van der Waals surface area contributed by atoms with Crippen LogP contribution in [0.3, 0.4) is 0 Å². The Morgan fingerprint density at radius 1 is 0.806 bits per heavy atom. The number of urea groups is 1. The van der Waals surface area contributed by atoms with Crippen LogP contribution in [0.4, 0.5) is 9.59 Å². The Labute approximate surface area is 363 Å². The lowest BCUT2D eigenvalue weighted by Crippen LogP contribution is -2.61. The summed E-state index contributed by atoms with van der Waals surface area (Å²) < 4.78 is 1.98. The first-order valence-electron chi connectivity index (χ1n) is 20.9. The fourth-order valence-corrected chi connectivity index (χ4v) is 7.97. The largest absolute Gasteiger partial charge is 0.465 e. The number of hydrogen-bond acceptors (Lipinski definition) is 8. The second-order valence-corrected chi connectivity index (χ2v) is 18.1. The lowest BCUT2D eigenvalue weighted by Gasteiger charge is -2.38. The molecule has 15 heteroatoms. The summed E-state index contributed by atoms with van der Waals surface area (Å²) in [5.41, 5.74) is 6.53. The van der Waals surface area contributed by atoms with Crippen LogP contribution in [0.2, 0.25) is 0 Å². The second-order valence-electron chi connectivity index (χ2n) is 18.1. The standard InChI is InChI=1S/C47H59N9O6/c1-46(2,3)40(51-44(60)61)42(58)52-55(28-32-20-22-33(23-21-32)34-17-13-14-24-48-34)29-38(57)36(27-31-15-9-8-10-16-31)50-43(59)41(47(4,5)6)56-26-25-54(45(56)62)30-39-49-35-18-11-12-19-37(35)53(39)7/h8-24,36,38,40-41,51,57H,25-30H2,1-7H3,(H,50,59)(H,52,58)(H,60,61)/t36-,38-,40+,41+/m0/s1. The van der Waals surface area contributed by atoms with Crippen molar-refractivity contribution in [2.45, 2.75) is 85.3 Å². The number of aryl methyl sites for hydroxylation is 1. The van der Waals surface area contributed by atoms with Gasteiger partial charge in [-0.25, -0.2) is 19.6 Å². The molecule has 1 fully saturated rings. The quantitative estimate of drug-likeness (QED) is 0.0790. The Kier molecular flexibility index (Phi) is 14.0. The van der Waals surface area contributed by atoms with E-state index in [9.17, 15) is 29.4 Å².